The SMILES string of the molecule is O=C(Nc1ccccn1)c1ccc(Br)c(C(F)(F)F)c1. The summed E-state index contributed by atoms with van der Waals surface area (Å²) >= 11 is 2.82. The fraction of sp³-hybridized carbons (Fsp3) is 0.0769. The van der Waals surface area contributed by atoms with Gasteiger partial charge in [-0.2, -0.15) is 13.2 Å². The van der Waals surface area contributed by atoms with E-state index in [1.54, 1.807) is 18.2 Å². The first-order valence-electron chi connectivity index (χ1n) is 5.47. The Morgan fingerprint density at radius 1 is 1.20 bits per heavy atom. The highest BCUT2D eigenvalue weighted by Crippen LogP contribution is 2.35. The maximum Gasteiger partial charge on any atom is 0.417 e. The van der Waals surface area contributed by atoms with E-state index >= 15 is 0 Å². The molecule has 20 heavy (non-hydrogen) atoms. The molecule has 0 aliphatic rings. The highest BCUT2D eigenvalue weighted by Gasteiger charge is 2.33. The molecule has 2 aromatic rings. The van der Waals surface area contributed by atoms with Crippen LogP contribution < -0.4 is 5.32 Å². The number of hydrogen-bond donors (Lipinski definition) is 1. The average molecular weight is 345 g/mol. The normalized spacial score (nSPS) is 11.2. The number of amides is 1. The summed E-state index contributed by atoms with van der Waals surface area (Å²) in [6, 6.07) is 8.15. The van der Waals surface area contributed by atoms with Gasteiger partial charge in [-0.1, -0.05) is 22.0 Å². The Hall–Kier alpha value is -1.89. The van der Waals surface area contributed by atoms with Crippen LogP contribution in [-0.4, -0.2) is 10.9 Å². The van der Waals surface area contributed by atoms with Crippen molar-refractivity contribution in [3.63, 3.8) is 0 Å². The standard InChI is InChI=1S/C13H8BrF3N2O/c14-10-5-4-8(7-9(10)13(15,16)17)12(20)19-11-3-1-2-6-18-11/h1-7H,(H,18,19,20). The highest BCUT2D eigenvalue weighted by atomic mass is 79.9. The molecule has 3 nitrogen and oxygen atoms in total. The fourth-order valence-electron chi connectivity index (χ4n) is 1.51. The van der Waals surface area contributed by atoms with Gasteiger partial charge in [-0.25, -0.2) is 4.98 Å². The monoisotopic (exact) mass is 344 g/mol. The number of aromatic nitrogens is 1. The number of halogens is 4. The van der Waals surface area contributed by atoms with Gasteiger partial charge in [-0.3, -0.25) is 4.79 Å². The summed E-state index contributed by atoms with van der Waals surface area (Å²) in [7, 11) is 0. The highest BCUT2D eigenvalue weighted by molar-refractivity contribution is 9.10. The van der Waals surface area contributed by atoms with Crippen LogP contribution in [-0.2, 0) is 6.18 Å². The molecule has 0 aliphatic heterocycles. The molecule has 1 aromatic heterocycles. The largest absolute Gasteiger partial charge is 0.417 e. The summed E-state index contributed by atoms with van der Waals surface area (Å²) in [5, 5.41) is 2.42. The third kappa shape index (κ3) is 3.36. The summed E-state index contributed by atoms with van der Waals surface area (Å²) in [6.07, 6.45) is -3.06. The summed E-state index contributed by atoms with van der Waals surface area (Å²) in [5.41, 5.74) is -0.989. The molecule has 0 aliphatic carbocycles. The molecule has 0 bridgehead atoms. The van der Waals surface area contributed by atoms with Crippen LogP contribution in [0.25, 0.3) is 0 Å². The van der Waals surface area contributed by atoms with Crippen LogP contribution in [0.2, 0.25) is 0 Å². The van der Waals surface area contributed by atoms with E-state index < -0.39 is 17.6 Å². The number of anilines is 1. The predicted octanol–water partition coefficient (Wildman–Crippen LogP) is 4.12. The summed E-state index contributed by atoms with van der Waals surface area (Å²) in [4.78, 5) is 15.7. The summed E-state index contributed by atoms with van der Waals surface area (Å²) in [5.74, 6) is -0.379. The number of rotatable bonds is 2. The molecule has 0 unspecified atom stereocenters. The quantitative estimate of drug-likeness (QED) is 0.890. The van der Waals surface area contributed by atoms with E-state index in [2.05, 4.69) is 26.2 Å². The van der Waals surface area contributed by atoms with E-state index in [1.807, 2.05) is 0 Å². The van der Waals surface area contributed by atoms with Gasteiger partial charge in [0.1, 0.15) is 5.82 Å². The molecular weight excluding hydrogens is 337 g/mol. The Kier molecular flexibility index (Phi) is 4.08. The number of carbonyl (C=O) groups is 1. The van der Waals surface area contributed by atoms with Gasteiger partial charge >= 0.3 is 6.18 Å². The first-order chi connectivity index (χ1) is 9.38. The third-order valence-corrected chi connectivity index (χ3v) is 3.13. The maximum absolute atomic E-state index is 12.7. The fourth-order valence-corrected chi connectivity index (χ4v) is 1.98. The number of pyridine rings is 1. The minimum Gasteiger partial charge on any atom is -0.307 e. The molecule has 7 heteroatoms. The Labute approximate surface area is 121 Å². The van der Waals surface area contributed by atoms with Gasteiger partial charge in [-0.15, -0.1) is 0 Å². The maximum atomic E-state index is 12.7. The lowest BCUT2D eigenvalue weighted by Gasteiger charge is -2.11. The number of nitrogens with one attached hydrogen (secondary N) is 1. The molecule has 0 saturated carbocycles. The lowest BCUT2D eigenvalue weighted by atomic mass is 10.1. The minimum atomic E-state index is -4.53. The van der Waals surface area contributed by atoms with Gasteiger partial charge in [0.05, 0.1) is 5.56 Å². The van der Waals surface area contributed by atoms with Gasteiger partial charge in [0.2, 0.25) is 0 Å². The number of carbonyl (C=O) groups excluding carboxylic acids is 1. The second-order valence-corrected chi connectivity index (χ2v) is 4.72. The first kappa shape index (κ1) is 14.5. The number of nitrogens with zero attached hydrogens (tertiary/aromatic N) is 1. The zero-order valence-corrected chi connectivity index (χ0v) is 11.5. The molecule has 1 amide bonds. The second-order valence-electron chi connectivity index (χ2n) is 3.86. The van der Waals surface area contributed by atoms with E-state index in [-0.39, 0.29) is 15.9 Å². The summed E-state index contributed by atoms with van der Waals surface area (Å²) in [6.45, 7) is 0. The summed E-state index contributed by atoms with van der Waals surface area (Å²) < 4.78 is 38.1. The van der Waals surface area contributed by atoms with E-state index in [0.717, 1.165) is 6.07 Å². The van der Waals surface area contributed by atoms with Gasteiger partial charge in [-0.05, 0) is 30.3 Å². The number of alkyl halides is 3. The number of benzene rings is 1. The third-order valence-electron chi connectivity index (χ3n) is 2.44. The Morgan fingerprint density at radius 2 is 1.95 bits per heavy atom. The minimum absolute atomic E-state index is 0.0915. The van der Waals surface area contributed by atoms with E-state index in [4.69, 9.17) is 0 Å². The molecule has 0 spiro atoms. The Balaban J connectivity index is 2.27. The van der Waals surface area contributed by atoms with Crippen molar-refractivity contribution in [2.45, 2.75) is 6.18 Å². The Morgan fingerprint density at radius 3 is 2.55 bits per heavy atom. The molecule has 1 N–H and O–H groups in total. The van der Waals surface area contributed by atoms with Crippen LogP contribution in [0.5, 0.6) is 0 Å². The van der Waals surface area contributed by atoms with Crippen LogP contribution in [0.15, 0.2) is 47.1 Å². The molecule has 1 aromatic carbocycles. The van der Waals surface area contributed by atoms with Gasteiger partial charge in [0.15, 0.2) is 0 Å². The van der Waals surface area contributed by atoms with E-state index in [9.17, 15) is 18.0 Å². The predicted molar refractivity (Wildman–Crippen MR) is 71.3 cm³/mol. The first-order valence-corrected chi connectivity index (χ1v) is 6.26. The van der Waals surface area contributed by atoms with Gasteiger partial charge < -0.3 is 5.32 Å². The van der Waals surface area contributed by atoms with Crippen LogP contribution in [0.4, 0.5) is 19.0 Å². The Bertz CT molecular complexity index is 629. The lowest BCUT2D eigenvalue weighted by molar-refractivity contribution is -0.138. The van der Waals surface area contributed by atoms with Crippen molar-refractivity contribution in [1.29, 1.82) is 0 Å². The van der Waals surface area contributed by atoms with E-state index in [1.165, 1.54) is 18.3 Å². The van der Waals surface area contributed by atoms with Crippen LogP contribution in [0, 0.1) is 0 Å². The van der Waals surface area contributed by atoms with Crippen molar-refractivity contribution >= 4 is 27.7 Å². The second kappa shape index (κ2) is 5.62. The van der Waals surface area contributed by atoms with E-state index in [0.29, 0.717) is 0 Å². The zero-order valence-electron chi connectivity index (χ0n) is 9.91. The van der Waals surface area contributed by atoms with Crippen molar-refractivity contribution in [3.8, 4) is 0 Å². The van der Waals surface area contributed by atoms with Crippen LogP contribution in [0.3, 0.4) is 0 Å². The lowest BCUT2D eigenvalue weighted by Crippen LogP contribution is -2.15. The molecule has 104 valence electrons. The zero-order chi connectivity index (χ0) is 14.8. The van der Waals surface area contributed by atoms with Crippen molar-refractivity contribution in [2.24, 2.45) is 0 Å². The topological polar surface area (TPSA) is 42.0 Å². The van der Waals surface area contributed by atoms with Crippen molar-refractivity contribution in [3.05, 3.63) is 58.2 Å². The van der Waals surface area contributed by atoms with Crippen molar-refractivity contribution in [2.75, 3.05) is 5.32 Å². The molecule has 0 saturated heterocycles. The molecule has 0 radical (unpaired) electrons. The molecule has 1 heterocycles. The average Bonchev–Trinajstić information content (AvgIpc) is 2.39. The van der Waals surface area contributed by atoms with Gasteiger partial charge in [0.25, 0.3) is 5.91 Å². The number of hydrogen-bond acceptors (Lipinski definition) is 2. The van der Waals surface area contributed by atoms with Crippen LogP contribution >= 0.6 is 15.9 Å². The van der Waals surface area contributed by atoms with Crippen LogP contribution in [0.1, 0.15) is 15.9 Å². The smallest absolute Gasteiger partial charge is 0.307 e. The van der Waals surface area contributed by atoms with Gasteiger partial charge in [0, 0.05) is 16.2 Å². The van der Waals surface area contributed by atoms with Crippen molar-refractivity contribution in [1.82, 2.24) is 4.98 Å². The molecular formula is C13H8BrF3N2O. The molecule has 0 atom stereocenters. The van der Waals surface area contributed by atoms with Crippen molar-refractivity contribution < 1.29 is 18.0 Å². The molecule has 2 rings (SSSR count). The molecule has 0 fully saturated rings.